The number of anilines is 1. The Labute approximate surface area is 177 Å². The van der Waals surface area contributed by atoms with Gasteiger partial charge in [-0.1, -0.05) is 57.4 Å². The van der Waals surface area contributed by atoms with Gasteiger partial charge < -0.3 is 14.8 Å². The van der Waals surface area contributed by atoms with Crippen molar-refractivity contribution in [2.75, 3.05) is 12.4 Å². The SMILES string of the molecule is COc1cc(CNc2ccc(F)c(Cl)c2)c(Br)cc1OCc1cccc(C)c1. The van der Waals surface area contributed by atoms with Gasteiger partial charge in [-0.2, -0.15) is 0 Å². The zero-order chi connectivity index (χ0) is 20.1. The summed E-state index contributed by atoms with van der Waals surface area (Å²) in [7, 11) is 1.61. The van der Waals surface area contributed by atoms with Gasteiger partial charge in [0.2, 0.25) is 0 Å². The van der Waals surface area contributed by atoms with Gasteiger partial charge in [0, 0.05) is 16.7 Å². The Hall–Kier alpha value is -2.24. The molecule has 1 N–H and O–H groups in total. The summed E-state index contributed by atoms with van der Waals surface area (Å²) in [6.07, 6.45) is 0. The van der Waals surface area contributed by atoms with Crippen molar-refractivity contribution >= 4 is 33.2 Å². The van der Waals surface area contributed by atoms with Crippen LogP contribution in [0.3, 0.4) is 0 Å². The quantitative estimate of drug-likeness (QED) is 0.419. The molecule has 28 heavy (non-hydrogen) atoms. The van der Waals surface area contributed by atoms with Gasteiger partial charge in [0.05, 0.1) is 12.1 Å². The van der Waals surface area contributed by atoms with Crippen molar-refractivity contribution < 1.29 is 13.9 Å². The van der Waals surface area contributed by atoms with Crippen LogP contribution in [0.15, 0.2) is 59.1 Å². The minimum absolute atomic E-state index is 0.0848. The number of nitrogens with one attached hydrogen (secondary N) is 1. The molecule has 3 aromatic rings. The van der Waals surface area contributed by atoms with E-state index in [0.29, 0.717) is 24.7 Å². The van der Waals surface area contributed by atoms with Gasteiger partial charge in [0.25, 0.3) is 0 Å². The van der Waals surface area contributed by atoms with E-state index in [9.17, 15) is 4.39 Å². The summed E-state index contributed by atoms with van der Waals surface area (Å²) in [5, 5.41) is 3.31. The molecule has 6 heteroatoms. The Kier molecular flexibility index (Phi) is 6.81. The molecule has 0 amide bonds. The van der Waals surface area contributed by atoms with Gasteiger partial charge in [0.15, 0.2) is 11.5 Å². The zero-order valence-electron chi connectivity index (χ0n) is 15.6. The summed E-state index contributed by atoms with van der Waals surface area (Å²) >= 11 is 9.42. The molecule has 0 spiro atoms. The number of rotatable bonds is 7. The highest BCUT2D eigenvalue weighted by molar-refractivity contribution is 9.10. The number of ether oxygens (including phenoxy) is 2. The molecule has 0 heterocycles. The Bertz CT molecular complexity index is 981. The molecule has 0 unspecified atom stereocenters. The average Bonchev–Trinajstić information content (AvgIpc) is 2.68. The van der Waals surface area contributed by atoms with Gasteiger partial charge >= 0.3 is 0 Å². The lowest BCUT2D eigenvalue weighted by atomic mass is 10.1. The highest BCUT2D eigenvalue weighted by Crippen LogP contribution is 2.34. The third-order valence-corrected chi connectivity index (χ3v) is 5.24. The van der Waals surface area contributed by atoms with Crippen LogP contribution in [0.1, 0.15) is 16.7 Å². The predicted molar refractivity (Wildman–Crippen MR) is 115 cm³/mol. The summed E-state index contributed by atoms with van der Waals surface area (Å²) < 4.78 is 25.6. The lowest BCUT2D eigenvalue weighted by molar-refractivity contribution is 0.284. The van der Waals surface area contributed by atoms with Crippen molar-refractivity contribution in [3.8, 4) is 11.5 Å². The van der Waals surface area contributed by atoms with E-state index in [1.54, 1.807) is 19.2 Å². The first-order valence-corrected chi connectivity index (χ1v) is 9.87. The first-order valence-electron chi connectivity index (χ1n) is 8.70. The van der Waals surface area contributed by atoms with Crippen molar-refractivity contribution in [3.63, 3.8) is 0 Å². The van der Waals surface area contributed by atoms with E-state index >= 15 is 0 Å². The standard InChI is InChI=1S/C22H20BrClFNO2/c1-14-4-3-5-15(8-14)13-28-22-11-18(23)16(9-21(22)27-2)12-26-17-6-7-20(25)19(24)10-17/h3-11,26H,12-13H2,1-2H3. The summed E-state index contributed by atoms with van der Waals surface area (Å²) in [6.45, 7) is 3.02. The van der Waals surface area contributed by atoms with Gasteiger partial charge in [0.1, 0.15) is 12.4 Å². The Morgan fingerprint density at radius 3 is 2.61 bits per heavy atom. The second kappa shape index (κ2) is 9.30. The van der Waals surface area contributed by atoms with E-state index < -0.39 is 5.82 Å². The molecule has 3 aromatic carbocycles. The Balaban J connectivity index is 1.72. The molecule has 0 radical (unpaired) electrons. The Morgan fingerprint density at radius 2 is 1.89 bits per heavy atom. The van der Waals surface area contributed by atoms with Crippen molar-refractivity contribution in [1.29, 1.82) is 0 Å². The van der Waals surface area contributed by atoms with Crippen molar-refractivity contribution in [2.45, 2.75) is 20.1 Å². The largest absolute Gasteiger partial charge is 0.493 e. The van der Waals surface area contributed by atoms with Gasteiger partial charge in [-0.25, -0.2) is 4.39 Å². The molecule has 0 aliphatic rings. The normalized spacial score (nSPS) is 10.6. The van der Waals surface area contributed by atoms with Crippen LogP contribution in [-0.4, -0.2) is 7.11 Å². The van der Waals surface area contributed by atoms with E-state index in [4.69, 9.17) is 21.1 Å². The highest BCUT2D eigenvalue weighted by Gasteiger charge is 2.11. The van der Waals surface area contributed by atoms with Crippen LogP contribution >= 0.6 is 27.5 Å². The summed E-state index contributed by atoms with van der Waals surface area (Å²) in [6, 6.07) is 16.5. The Morgan fingerprint density at radius 1 is 1.07 bits per heavy atom. The summed E-state index contributed by atoms with van der Waals surface area (Å²) in [5.41, 5.74) is 3.99. The first kappa shape index (κ1) is 20.5. The third-order valence-electron chi connectivity index (χ3n) is 4.21. The fraction of sp³-hybridized carbons (Fsp3) is 0.182. The van der Waals surface area contributed by atoms with Crippen LogP contribution in [0, 0.1) is 12.7 Å². The topological polar surface area (TPSA) is 30.5 Å². The molecular weight excluding hydrogens is 445 g/mol. The monoisotopic (exact) mass is 463 g/mol. The second-order valence-electron chi connectivity index (χ2n) is 6.35. The summed E-state index contributed by atoms with van der Waals surface area (Å²) in [4.78, 5) is 0. The second-order valence-corrected chi connectivity index (χ2v) is 7.62. The maximum atomic E-state index is 13.3. The maximum Gasteiger partial charge on any atom is 0.162 e. The van der Waals surface area contributed by atoms with Gasteiger partial charge in [-0.15, -0.1) is 0 Å². The highest BCUT2D eigenvalue weighted by atomic mass is 79.9. The molecule has 0 atom stereocenters. The third kappa shape index (κ3) is 5.18. The van der Waals surface area contributed by atoms with E-state index in [2.05, 4.69) is 40.3 Å². The van der Waals surface area contributed by atoms with Crippen molar-refractivity contribution in [1.82, 2.24) is 0 Å². The molecule has 0 fully saturated rings. The summed E-state index contributed by atoms with van der Waals surface area (Å²) in [5.74, 6) is 0.861. The average molecular weight is 465 g/mol. The van der Waals surface area contributed by atoms with E-state index in [1.165, 1.54) is 11.6 Å². The smallest absolute Gasteiger partial charge is 0.162 e. The number of aryl methyl sites for hydroxylation is 1. The van der Waals surface area contributed by atoms with Crippen LogP contribution < -0.4 is 14.8 Å². The molecular formula is C22H20BrClFNO2. The van der Waals surface area contributed by atoms with Crippen LogP contribution in [0.2, 0.25) is 5.02 Å². The molecule has 0 aliphatic heterocycles. The fourth-order valence-electron chi connectivity index (χ4n) is 2.75. The van der Waals surface area contributed by atoms with Crippen molar-refractivity contribution in [2.24, 2.45) is 0 Å². The van der Waals surface area contributed by atoms with Crippen LogP contribution in [-0.2, 0) is 13.2 Å². The van der Waals surface area contributed by atoms with Crippen LogP contribution in [0.5, 0.6) is 11.5 Å². The zero-order valence-corrected chi connectivity index (χ0v) is 17.9. The van der Waals surface area contributed by atoms with Gasteiger partial charge in [-0.3, -0.25) is 0 Å². The predicted octanol–water partition coefficient (Wildman–Crippen LogP) is 6.75. The molecule has 146 valence electrons. The fourth-order valence-corrected chi connectivity index (χ4v) is 3.39. The molecule has 0 saturated heterocycles. The molecule has 3 nitrogen and oxygen atoms in total. The number of benzene rings is 3. The first-order chi connectivity index (χ1) is 13.5. The lowest BCUT2D eigenvalue weighted by Crippen LogP contribution is -2.03. The minimum Gasteiger partial charge on any atom is -0.493 e. The van der Waals surface area contributed by atoms with Crippen LogP contribution in [0.25, 0.3) is 0 Å². The molecule has 0 saturated carbocycles. The molecule has 3 rings (SSSR count). The number of halogens is 3. The van der Waals surface area contributed by atoms with E-state index in [1.807, 2.05) is 24.3 Å². The lowest BCUT2D eigenvalue weighted by Gasteiger charge is -2.15. The minimum atomic E-state index is -0.440. The molecule has 0 bridgehead atoms. The van der Waals surface area contributed by atoms with E-state index in [0.717, 1.165) is 21.3 Å². The molecule has 0 aliphatic carbocycles. The number of methoxy groups -OCH3 is 1. The van der Waals surface area contributed by atoms with Gasteiger partial charge in [-0.05, 0) is 48.4 Å². The number of hydrogen-bond acceptors (Lipinski definition) is 3. The van der Waals surface area contributed by atoms with E-state index in [-0.39, 0.29) is 5.02 Å². The van der Waals surface area contributed by atoms with Crippen LogP contribution in [0.4, 0.5) is 10.1 Å². The number of hydrogen-bond donors (Lipinski definition) is 1. The molecule has 0 aromatic heterocycles. The van der Waals surface area contributed by atoms with Crippen molar-refractivity contribution in [3.05, 3.63) is 86.6 Å². The maximum absolute atomic E-state index is 13.3.